The van der Waals surface area contributed by atoms with E-state index in [-0.39, 0.29) is 0 Å². The Labute approximate surface area is 138 Å². The van der Waals surface area contributed by atoms with Crippen LogP contribution < -0.4 is 0 Å². The summed E-state index contributed by atoms with van der Waals surface area (Å²) < 4.78 is 29.2. The molecule has 22 heavy (non-hydrogen) atoms. The van der Waals surface area contributed by atoms with Crippen molar-refractivity contribution in [3.05, 3.63) is 12.1 Å². The second-order valence-electron chi connectivity index (χ2n) is 5.15. The van der Waals surface area contributed by atoms with Crippen LogP contribution in [-0.2, 0) is 17.1 Å². The molecule has 6 nitrogen and oxygen atoms in total. The van der Waals surface area contributed by atoms with Crippen LogP contribution in [0.25, 0.3) is 10.7 Å². The molecule has 1 saturated heterocycles. The van der Waals surface area contributed by atoms with E-state index >= 15 is 0 Å². The zero-order chi connectivity index (χ0) is 15.7. The first kappa shape index (κ1) is 16.0. The van der Waals surface area contributed by atoms with Gasteiger partial charge in [-0.15, -0.1) is 21.5 Å². The molecular weight excluding hydrogens is 340 g/mol. The summed E-state index contributed by atoms with van der Waals surface area (Å²) in [5.74, 6) is 0.703. The van der Waals surface area contributed by atoms with E-state index in [0.717, 1.165) is 29.3 Å². The molecule has 0 N–H and O–H groups in total. The molecule has 3 rings (SSSR count). The summed E-state index contributed by atoms with van der Waals surface area (Å²) in [5, 5.41) is 9.06. The van der Waals surface area contributed by atoms with E-state index in [1.807, 2.05) is 23.9 Å². The molecule has 120 valence electrons. The van der Waals surface area contributed by atoms with Gasteiger partial charge in [0.1, 0.15) is 4.21 Å². The lowest BCUT2D eigenvalue weighted by atomic mass is 10.2. The van der Waals surface area contributed by atoms with Gasteiger partial charge >= 0.3 is 0 Å². The normalized spacial score (nSPS) is 17.0. The Morgan fingerprint density at radius 1 is 1.18 bits per heavy atom. The summed E-state index contributed by atoms with van der Waals surface area (Å²) in [6.45, 7) is 1.24. The zero-order valence-corrected chi connectivity index (χ0v) is 15.0. The van der Waals surface area contributed by atoms with E-state index in [1.54, 1.807) is 10.4 Å². The predicted molar refractivity (Wildman–Crippen MR) is 88.7 cm³/mol. The highest BCUT2D eigenvalue weighted by Crippen LogP contribution is 2.33. The van der Waals surface area contributed by atoms with E-state index < -0.39 is 10.0 Å². The number of nitrogens with zero attached hydrogens (tertiary/aromatic N) is 4. The first-order valence-electron chi connectivity index (χ1n) is 7.08. The highest BCUT2D eigenvalue weighted by Gasteiger charge is 2.28. The molecule has 0 aliphatic carbocycles. The van der Waals surface area contributed by atoms with Crippen molar-refractivity contribution in [3.8, 4) is 10.7 Å². The van der Waals surface area contributed by atoms with Gasteiger partial charge in [0.15, 0.2) is 11.0 Å². The maximum atomic E-state index is 12.7. The van der Waals surface area contributed by atoms with E-state index in [0.29, 0.717) is 23.1 Å². The molecule has 1 fully saturated rings. The lowest BCUT2D eigenvalue weighted by Crippen LogP contribution is -2.35. The number of piperidine rings is 1. The maximum absolute atomic E-state index is 12.7. The summed E-state index contributed by atoms with van der Waals surface area (Å²) >= 11 is 2.78. The molecule has 9 heteroatoms. The standard InChI is InChI=1S/C13H18N4O2S3/c1-16-12(14-15-13(16)20-2)10-6-7-11(21-10)22(18,19)17-8-4-3-5-9-17/h6-7H,3-5,8-9H2,1-2H3. The first-order valence-corrected chi connectivity index (χ1v) is 10.6. The van der Waals surface area contributed by atoms with E-state index in [1.165, 1.54) is 23.1 Å². The van der Waals surface area contributed by atoms with Crippen LogP contribution >= 0.6 is 23.1 Å². The maximum Gasteiger partial charge on any atom is 0.252 e. The number of aromatic nitrogens is 3. The summed E-state index contributed by atoms with van der Waals surface area (Å²) in [6.07, 6.45) is 4.93. The molecule has 3 heterocycles. The van der Waals surface area contributed by atoms with Crippen molar-refractivity contribution in [1.82, 2.24) is 19.1 Å². The Bertz CT molecular complexity index is 760. The molecule has 0 bridgehead atoms. The lowest BCUT2D eigenvalue weighted by Gasteiger charge is -2.25. The van der Waals surface area contributed by atoms with E-state index in [2.05, 4.69) is 10.2 Å². The van der Waals surface area contributed by atoms with Crippen LogP contribution in [0.1, 0.15) is 19.3 Å². The van der Waals surface area contributed by atoms with Crippen LogP contribution in [0.2, 0.25) is 0 Å². The van der Waals surface area contributed by atoms with Crippen molar-refractivity contribution in [2.75, 3.05) is 19.3 Å². The monoisotopic (exact) mass is 358 g/mol. The molecule has 0 aromatic carbocycles. The molecule has 2 aromatic heterocycles. The second-order valence-corrected chi connectivity index (χ2v) is 9.17. The van der Waals surface area contributed by atoms with Gasteiger partial charge in [0.2, 0.25) is 0 Å². The Morgan fingerprint density at radius 3 is 2.55 bits per heavy atom. The molecule has 0 saturated carbocycles. The first-order chi connectivity index (χ1) is 10.5. The number of sulfonamides is 1. The fraction of sp³-hybridized carbons (Fsp3) is 0.538. The van der Waals surface area contributed by atoms with Crippen molar-refractivity contribution in [3.63, 3.8) is 0 Å². The van der Waals surface area contributed by atoms with Crippen LogP contribution in [0.3, 0.4) is 0 Å². The van der Waals surface area contributed by atoms with Gasteiger partial charge in [-0.3, -0.25) is 0 Å². The smallest absolute Gasteiger partial charge is 0.252 e. The van der Waals surface area contributed by atoms with Crippen molar-refractivity contribution in [2.45, 2.75) is 28.6 Å². The molecular formula is C13H18N4O2S3. The zero-order valence-electron chi connectivity index (χ0n) is 12.5. The molecule has 0 radical (unpaired) electrons. The fourth-order valence-electron chi connectivity index (χ4n) is 2.52. The van der Waals surface area contributed by atoms with Crippen LogP contribution in [0.4, 0.5) is 0 Å². The summed E-state index contributed by atoms with van der Waals surface area (Å²) in [4.78, 5) is 0.825. The quantitative estimate of drug-likeness (QED) is 0.785. The third-order valence-electron chi connectivity index (χ3n) is 3.73. The number of hydrogen-bond donors (Lipinski definition) is 0. The topological polar surface area (TPSA) is 68.1 Å². The van der Waals surface area contributed by atoms with E-state index in [4.69, 9.17) is 0 Å². The molecule has 0 atom stereocenters. The highest BCUT2D eigenvalue weighted by molar-refractivity contribution is 7.98. The fourth-order valence-corrected chi connectivity index (χ4v) is 6.00. The molecule has 0 amide bonds. The largest absolute Gasteiger partial charge is 0.305 e. The van der Waals surface area contributed by atoms with Gasteiger partial charge < -0.3 is 4.57 Å². The summed E-state index contributed by atoms with van der Waals surface area (Å²) in [6, 6.07) is 3.49. The Balaban J connectivity index is 1.91. The molecule has 1 aliphatic heterocycles. The van der Waals surface area contributed by atoms with Crippen molar-refractivity contribution in [1.29, 1.82) is 0 Å². The molecule has 0 unspecified atom stereocenters. The van der Waals surface area contributed by atoms with Gasteiger partial charge in [-0.2, -0.15) is 4.31 Å². The van der Waals surface area contributed by atoms with Crippen molar-refractivity contribution >= 4 is 33.1 Å². The van der Waals surface area contributed by atoms with Gasteiger partial charge in [0.25, 0.3) is 10.0 Å². The van der Waals surface area contributed by atoms with Crippen LogP contribution in [0, 0.1) is 0 Å². The van der Waals surface area contributed by atoms with Gasteiger partial charge in [-0.25, -0.2) is 8.42 Å². The van der Waals surface area contributed by atoms with Crippen LogP contribution in [-0.4, -0.2) is 46.8 Å². The Kier molecular flexibility index (Phi) is 4.58. The lowest BCUT2D eigenvalue weighted by molar-refractivity contribution is 0.347. The summed E-state index contributed by atoms with van der Waals surface area (Å²) in [5.41, 5.74) is 0. The Hall–Kier alpha value is -0.900. The van der Waals surface area contributed by atoms with Crippen LogP contribution in [0.15, 0.2) is 21.5 Å². The minimum atomic E-state index is -3.37. The second kappa shape index (κ2) is 6.31. The molecule has 0 spiro atoms. The third kappa shape index (κ3) is 2.82. The Morgan fingerprint density at radius 2 is 1.91 bits per heavy atom. The third-order valence-corrected chi connectivity index (χ3v) is 7.90. The van der Waals surface area contributed by atoms with Gasteiger partial charge in [0.05, 0.1) is 4.88 Å². The minimum Gasteiger partial charge on any atom is -0.305 e. The minimum absolute atomic E-state index is 0.387. The highest BCUT2D eigenvalue weighted by atomic mass is 32.2. The number of hydrogen-bond acceptors (Lipinski definition) is 6. The number of thioether (sulfide) groups is 1. The average molecular weight is 359 g/mol. The number of rotatable bonds is 4. The summed E-state index contributed by atoms with van der Waals surface area (Å²) in [7, 11) is -1.48. The predicted octanol–water partition coefficient (Wildman–Crippen LogP) is 2.44. The number of thiophene rings is 1. The average Bonchev–Trinajstić information content (AvgIpc) is 3.15. The van der Waals surface area contributed by atoms with E-state index in [9.17, 15) is 8.42 Å². The SMILES string of the molecule is CSc1nnc(-c2ccc(S(=O)(=O)N3CCCCC3)s2)n1C. The molecule has 2 aromatic rings. The van der Waals surface area contributed by atoms with Crippen LogP contribution in [0.5, 0.6) is 0 Å². The van der Waals surface area contributed by atoms with Gasteiger partial charge in [-0.1, -0.05) is 18.2 Å². The van der Waals surface area contributed by atoms with Gasteiger partial charge in [0, 0.05) is 20.1 Å². The molecule has 1 aliphatic rings. The van der Waals surface area contributed by atoms with Gasteiger partial charge in [-0.05, 0) is 31.2 Å². The van der Waals surface area contributed by atoms with Crippen molar-refractivity contribution < 1.29 is 8.42 Å². The van der Waals surface area contributed by atoms with Crippen molar-refractivity contribution in [2.24, 2.45) is 7.05 Å².